The maximum absolute atomic E-state index is 10.3. The molecule has 0 aliphatic carbocycles. The third-order valence-corrected chi connectivity index (χ3v) is 4.18. The van der Waals surface area contributed by atoms with Crippen LogP contribution in [0.3, 0.4) is 0 Å². The highest BCUT2D eigenvalue weighted by Crippen LogP contribution is 2.21. The van der Waals surface area contributed by atoms with Crippen molar-refractivity contribution in [3.63, 3.8) is 0 Å². The van der Waals surface area contributed by atoms with Gasteiger partial charge in [-0.2, -0.15) is 0 Å². The Hall–Kier alpha value is -1.14. The minimum Gasteiger partial charge on any atom is -0.496 e. The first-order valence-electron chi connectivity index (χ1n) is 7.99. The molecule has 22 heavy (non-hydrogen) atoms. The predicted octanol–water partition coefficient (Wildman–Crippen LogP) is 1.26. The van der Waals surface area contributed by atoms with Gasteiger partial charge in [0.25, 0.3) is 0 Å². The van der Waals surface area contributed by atoms with Crippen LogP contribution in [0.4, 0.5) is 0 Å². The first-order chi connectivity index (χ1) is 10.7. The molecule has 1 saturated heterocycles. The number of nitrogens with zero attached hydrogens (tertiary/aromatic N) is 1. The number of rotatable bonds is 8. The normalized spacial score (nSPS) is 22.7. The number of ether oxygens (including phenoxy) is 2. The second-order valence-electron chi connectivity index (χ2n) is 5.81. The van der Waals surface area contributed by atoms with Crippen molar-refractivity contribution < 1.29 is 14.6 Å². The molecule has 2 rings (SSSR count). The maximum atomic E-state index is 10.3. The molecule has 0 unspecified atom stereocenters. The summed E-state index contributed by atoms with van der Waals surface area (Å²) < 4.78 is 10.4. The lowest BCUT2D eigenvalue weighted by Gasteiger charge is -2.36. The first kappa shape index (κ1) is 17.2. The fraction of sp³-hybridized carbons (Fsp3) is 0.647. The summed E-state index contributed by atoms with van der Waals surface area (Å²) >= 11 is 0. The fourth-order valence-electron chi connectivity index (χ4n) is 2.96. The zero-order valence-electron chi connectivity index (χ0n) is 13.6. The summed E-state index contributed by atoms with van der Waals surface area (Å²) in [4.78, 5) is 2.29. The fourth-order valence-corrected chi connectivity index (χ4v) is 2.96. The lowest BCUT2D eigenvalue weighted by Crippen LogP contribution is -2.52. The van der Waals surface area contributed by atoms with Crippen molar-refractivity contribution in [2.75, 3.05) is 40.5 Å². The Morgan fingerprint density at radius 3 is 2.86 bits per heavy atom. The van der Waals surface area contributed by atoms with Crippen molar-refractivity contribution in [1.82, 2.24) is 10.2 Å². The number of para-hydroxylation sites is 1. The lowest BCUT2D eigenvalue weighted by atomic mass is 10.0. The van der Waals surface area contributed by atoms with Crippen molar-refractivity contribution >= 4 is 0 Å². The number of benzene rings is 1. The second kappa shape index (κ2) is 9.10. The Morgan fingerprint density at radius 1 is 1.32 bits per heavy atom. The zero-order valence-corrected chi connectivity index (χ0v) is 13.6. The van der Waals surface area contributed by atoms with Gasteiger partial charge in [-0.15, -0.1) is 0 Å². The van der Waals surface area contributed by atoms with Gasteiger partial charge in [-0.3, -0.25) is 4.90 Å². The Kier molecular flexibility index (Phi) is 7.12. The quantitative estimate of drug-likeness (QED) is 0.708. The van der Waals surface area contributed by atoms with Gasteiger partial charge in [0.2, 0.25) is 0 Å². The number of hydrogen-bond acceptors (Lipinski definition) is 5. The molecule has 1 aliphatic rings. The summed E-state index contributed by atoms with van der Waals surface area (Å²) in [7, 11) is 3.41. The largest absolute Gasteiger partial charge is 0.496 e. The van der Waals surface area contributed by atoms with Crippen molar-refractivity contribution in [2.24, 2.45) is 0 Å². The van der Waals surface area contributed by atoms with Crippen LogP contribution < -0.4 is 10.1 Å². The maximum Gasteiger partial charge on any atom is 0.123 e. The zero-order chi connectivity index (χ0) is 15.8. The van der Waals surface area contributed by atoms with E-state index in [1.54, 1.807) is 14.2 Å². The Bertz CT molecular complexity index is 442. The van der Waals surface area contributed by atoms with Gasteiger partial charge in [-0.05, 0) is 25.5 Å². The third-order valence-electron chi connectivity index (χ3n) is 4.18. The molecule has 2 atom stereocenters. The molecule has 0 saturated carbocycles. The smallest absolute Gasteiger partial charge is 0.123 e. The van der Waals surface area contributed by atoms with Crippen LogP contribution in [0.15, 0.2) is 24.3 Å². The van der Waals surface area contributed by atoms with E-state index in [-0.39, 0.29) is 12.1 Å². The predicted molar refractivity (Wildman–Crippen MR) is 87.2 cm³/mol. The summed E-state index contributed by atoms with van der Waals surface area (Å²) in [6, 6.07) is 8.26. The molecule has 1 heterocycles. The van der Waals surface area contributed by atoms with Gasteiger partial charge in [0.1, 0.15) is 5.75 Å². The van der Waals surface area contributed by atoms with Gasteiger partial charge in [0.15, 0.2) is 0 Å². The van der Waals surface area contributed by atoms with E-state index in [0.29, 0.717) is 6.54 Å². The van der Waals surface area contributed by atoms with Crippen LogP contribution in [0.5, 0.6) is 5.75 Å². The van der Waals surface area contributed by atoms with Crippen molar-refractivity contribution in [3.8, 4) is 5.75 Å². The minimum atomic E-state index is -0.328. The molecule has 5 nitrogen and oxygen atoms in total. The molecular weight excluding hydrogens is 280 g/mol. The summed E-state index contributed by atoms with van der Waals surface area (Å²) in [5, 5.41) is 13.8. The Balaban J connectivity index is 1.80. The lowest BCUT2D eigenvalue weighted by molar-refractivity contribution is 0.0361. The molecule has 1 aromatic carbocycles. The molecular formula is C17H28N2O3. The number of aliphatic hydroxyl groups is 1. The summed E-state index contributed by atoms with van der Waals surface area (Å²) in [5.74, 6) is 0.914. The Labute approximate surface area is 133 Å². The first-order valence-corrected chi connectivity index (χ1v) is 7.99. The van der Waals surface area contributed by atoms with Gasteiger partial charge in [0.05, 0.1) is 13.2 Å². The highest BCUT2D eigenvalue weighted by atomic mass is 16.5. The molecule has 124 valence electrons. The highest BCUT2D eigenvalue weighted by Gasteiger charge is 2.27. The van der Waals surface area contributed by atoms with E-state index in [1.165, 1.54) is 5.56 Å². The van der Waals surface area contributed by atoms with Gasteiger partial charge < -0.3 is 19.9 Å². The average Bonchev–Trinajstić information content (AvgIpc) is 2.54. The van der Waals surface area contributed by atoms with E-state index >= 15 is 0 Å². The van der Waals surface area contributed by atoms with Gasteiger partial charge in [0, 0.05) is 45.0 Å². The monoisotopic (exact) mass is 308 g/mol. The highest BCUT2D eigenvalue weighted by molar-refractivity contribution is 5.33. The van der Waals surface area contributed by atoms with Crippen LogP contribution in [0.2, 0.25) is 0 Å². The van der Waals surface area contributed by atoms with Gasteiger partial charge >= 0.3 is 0 Å². The SMILES string of the molecule is COCCCN[C@@H]1CCN(Cc2ccccc2OC)C[C@H]1O. The van der Waals surface area contributed by atoms with E-state index in [9.17, 15) is 5.11 Å². The van der Waals surface area contributed by atoms with Crippen LogP contribution in [-0.2, 0) is 11.3 Å². The number of likely N-dealkylation sites (tertiary alicyclic amines) is 1. The summed E-state index contributed by atoms with van der Waals surface area (Å²) in [5.41, 5.74) is 1.17. The van der Waals surface area contributed by atoms with Gasteiger partial charge in [-0.25, -0.2) is 0 Å². The Morgan fingerprint density at radius 2 is 2.14 bits per heavy atom. The van der Waals surface area contributed by atoms with E-state index in [0.717, 1.165) is 44.8 Å². The van der Waals surface area contributed by atoms with Crippen LogP contribution in [0.25, 0.3) is 0 Å². The second-order valence-corrected chi connectivity index (χ2v) is 5.81. The van der Waals surface area contributed by atoms with Crippen molar-refractivity contribution in [3.05, 3.63) is 29.8 Å². The molecule has 1 fully saturated rings. The van der Waals surface area contributed by atoms with Crippen LogP contribution in [-0.4, -0.2) is 62.6 Å². The van der Waals surface area contributed by atoms with Crippen LogP contribution in [0, 0.1) is 0 Å². The number of aliphatic hydroxyl groups excluding tert-OH is 1. The van der Waals surface area contributed by atoms with Crippen LogP contribution >= 0.6 is 0 Å². The van der Waals surface area contributed by atoms with Crippen molar-refractivity contribution in [1.29, 1.82) is 0 Å². The standard InChI is InChI=1S/C17H28N2O3/c1-21-11-5-9-18-15-8-10-19(13-16(15)20)12-14-6-3-4-7-17(14)22-2/h3-4,6-7,15-16,18,20H,5,8-13H2,1-2H3/t15-,16-/m1/s1. The van der Waals surface area contributed by atoms with Gasteiger partial charge in [-0.1, -0.05) is 18.2 Å². The van der Waals surface area contributed by atoms with Crippen LogP contribution in [0.1, 0.15) is 18.4 Å². The number of β-amino-alcohol motifs (C(OH)–C–C–N with tert-alkyl or cyclic N) is 1. The third kappa shape index (κ3) is 4.95. The number of hydrogen-bond donors (Lipinski definition) is 2. The average molecular weight is 308 g/mol. The molecule has 1 aromatic rings. The minimum absolute atomic E-state index is 0.186. The van der Waals surface area contributed by atoms with E-state index in [2.05, 4.69) is 16.3 Å². The summed E-state index contributed by atoms with van der Waals surface area (Å²) in [6.07, 6.45) is 1.61. The number of piperidine rings is 1. The molecule has 0 radical (unpaired) electrons. The molecule has 0 spiro atoms. The molecule has 0 aromatic heterocycles. The van der Waals surface area contributed by atoms with E-state index < -0.39 is 0 Å². The van der Waals surface area contributed by atoms with Crippen molar-refractivity contribution in [2.45, 2.75) is 31.5 Å². The number of nitrogens with one attached hydrogen (secondary N) is 1. The topological polar surface area (TPSA) is 54.0 Å². The summed E-state index contributed by atoms with van der Waals surface area (Å²) in [6.45, 7) is 4.15. The van der Waals surface area contributed by atoms with E-state index in [4.69, 9.17) is 9.47 Å². The molecule has 5 heteroatoms. The molecule has 0 bridgehead atoms. The molecule has 2 N–H and O–H groups in total. The molecule has 1 aliphatic heterocycles. The van der Waals surface area contributed by atoms with E-state index in [1.807, 2.05) is 18.2 Å². The number of methoxy groups -OCH3 is 2. The molecule has 0 amide bonds.